The van der Waals surface area contributed by atoms with Gasteiger partial charge in [-0.05, 0) is 88.0 Å². The summed E-state index contributed by atoms with van der Waals surface area (Å²) in [7, 11) is 2.20. The summed E-state index contributed by atoms with van der Waals surface area (Å²) in [4.78, 5) is 4.90. The van der Waals surface area contributed by atoms with E-state index in [0.29, 0.717) is 0 Å². The van der Waals surface area contributed by atoms with Crippen molar-refractivity contribution < 1.29 is 0 Å². The highest BCUT2D eigenvalue weighted by atomic mass is 15.2. The zero-order valence-electron chi connectivity index (χ0n) is 27.6. The molecule has 2 nitrogen and oxygen atoms in total. The van der Waals surface area contributed by atoms with Crippen LogP contribution in [0.5, 0.6) is 0 Å². The van der Waals surface area contributed by atoms with Crippen LogP contribution >= 0.6 is 0 Å². The molecule has 0 amide bonds. The van der Waals surface area contributed by atoms with Crippen molar-refractivity contribution in [3.63, 3.8) is 0 Å². The first kappa shape index (κ1) is 29.1. The van der Waals surface area contributed by atoms with Crippen LogP contribution in [0.4, 0.5) is 22.7 Å². The molecule has 0 heterocycles. The van der Waals surface area contributed by atoms with Crippen LogP contribution < -0.4 is 9.80 Å². The van der Waals surface area contributed by atoms with Crippen LogP contribution in [0.2, 0.25) is 0 Å². The number of anilines is 4. The number of rotatable bonds is 6. The molecule has 0 saturated carbocycles. The van der Waals surface area contributed by atoms with Gasteiger partial charge in [0, 0.05) is 40.6 Å². The van der Waals surface area contributed by atoms with Gasteiger partial charge in [0.15, 0.2) is 0 Å². The van der Waals surface area contributed by atoms with Crippen LogP contribution in [0.1, 0.15) is 37.0 Å². The van der Waals surface area contributed by atoms with Gasteiger partial charge in [0.1, 0.15) is 0 Å². The molecule has 1 unspecified atom stereocenters. The molecule has 0 radical (unpaired) electrons. The quantitative estimate of drug-likeness (QED) is 0.186. The van der Waals surface area contributed by atoms with Gasteiger partial charge < -0.3 is 9.80 Å². The van der Waals surface area contributed by atoms with E-state index >= 15 is 0 Å². The molecule has 0 N–H and O–H groups in total. The molecule has 47 heavy (non-hydrogen) atoms. The van der Waals surface area contributed by atoms with Crippen LogP contribution in [0.3, 0.4) is 0 Å². The minimum Gasteiger partial charge on any atom is -0.344 e. The van der Waals surface area contributed by atoms with E-state index in [9.17, 15) is 0 Å². The Labute approximate surface area is 278 Å². The Balaban J connectivity index is 1.22. The zero-order chi connectivity index (χ0) is 32.1. The second-order valence-electron chi connectivity index (χ2n) is 13.5. The van der Waals surface area contributed by atoms with Gasteiger partial charge in [0.2, 0.25) is 0 Å². The topological polar surface area (TPSA) is 6.48 Å². The van der Waals surface area contributed by atoms with E-state index in [-0.39, 0.29) is 11.5 Å². The highest BCUT2D eigenvalue weighted by Gasteiger charge is 2.40. The predicted octanol–water partition coefficient (Wildman–Crippen LogP) is 11.8. The average molecular weight is 609 g/mol. The Hall–Kier alpha value is -5.34. The Morgan fingerprint density at radius 1 is 0.638 bits per heavy atom. The summed E-state index contributed by atoms with van der Waals surface area (Å²) in [5.74, 6) is 0. The van der Waals surface area contributed by atoms with Crippen molar-refractivity contribution in [2.45, 2.75) is 38.6 Å². The highest BCUT2D eigenvalue weighted by molar-refractivity contribution is 5.96. The smallest absolute Gasteiger partial charge is 0.0563 e. The number of hydrogen-bond acceptors (Lipinski definition) is 2. The summed E-state index contributed by atoms with van der Waals surface area (Å²) in [6.45, 7) is 7.01. The number of nitrogens with zero attached hydrogens (tertiary/aromatic N) is 2. The lowest BCUT2D eigenvalue weighted by atomic mass is 9.77. The van der Waals surface area contributed by atoms with Crippen LogP contribution in [0.25, 0.3) is 27.5 Å². The summed E-state index contributed by atoms with van der Waals surface area (Å²) in [5, 5.41) is 2.51. The van der Waals surface area contributed by atoms with E-state index in [1.54, 1.807) is 0 Å². The fourth-order valence-electron chi connectivity index (χ4n) is 7.86. The minimum absolute atomic E-state index is 0.00913. The van der Waals surface area contributed by atoms with Gasteiger partial charge in [0.05, 0.1) is 6.04 Å². The summed E-state index contributed by atoms with van der Waals surface area (Å²) in [6, 6.07) is 51.1. The molecule has 2 heteroatoms. The molecule has 0 fully saturated rings. The third-order valence-corrected chi connectivity index (χ3v) is 10.4. The van der Waals surface area contributed by atoms with Gasteiger partial charge in [-0.25, -0.2) is 0 Å². The third kappa shape index (κ3) is 4.96. The van der Waals surface area contributed by atoms with Gasteiger partial charge in [-0.2, -0.15) is 0 Å². The second kappa shape index (κ2) is 11.5. The molecule has 0 aromatic heterocycles. The molecule has 6 aromatic rings. The Morgan fingerprint density at radius 3 is 2.15 bits per heavy atom. The van der Waals surface area contributed by atoms with Crippen molar-refractivity contribution in [3.8, 4) is 11.1 Å². The molecule has 2 aliphatic rings. The highest BCUT2D eigenvalue weighted by Crippen LogP contribution is 2.51. The summed E-state index contributed by atoms with van der Waals surface area (Å²) in [6.07, 6.45) is 5.78. The fourth-order valence-corrected chi connectivity index (χ4v) is 7.86. The van der Waals surface area contributed by atoms with E-state index in [1.807, 2.05) is 0 Å². The molecule has 230 valence electrons. The molecular weight excluding hydrogens is 569 g/mol. The van der Waals surface area contributed by atoms with Gasteiger partial charge in [-0.1, -0.05) is 135 Å². The number of benzene rings is 6. The van der Waals surface area contributed by atoms with Gasteiger partial charge in [-0.3, -0.25) is 0 Å². The minimum atomic E-state index is -0.00913. The maximum atomic E-state index is 2.55. The molecule has 2 aliphatic carbocycles. The second-order valence-corrected chi connectivity index (χ2v) is 13.5. The lowest BCUT2D eigenvalue weighted by molar-refractivity contribution is 0.585. The van der Waals surface area contributed by atoms with E-state index in [4.69, 9.17) is 0 Å². The van der Waals surface area contributed by atoms with Crippen molar-refractivity contribution in [1.82, 2.24) is 0 Å². The number of fused-ring (bicyclic) bond motifs is 3. The fraction of sp³-hybridized carbons (Fsp3) is 0.156. The third-order valence-electron chi connectivity index (χ3n) is 10.4. The molecule has 0 aliphatic heterocycles. The van der Waals surface area contributed by atoms with Crippen LogP contribution in [-0.2, 0) is 5.41 Å². The molecule has 0 saturated heterocycles. The Bertz CT molecular complexity index is 2160. The van der Waals surface area contributed by atoms with Crippen LogP contribution in [-0.4, -0.2) is 13.1 Å². The Morgan fingerprint density at radius 2 is 1.32 bits per heavy atom. The zero-order valence-corrected chi connectivity index (χ0v) is 27.6. The maximum Gasteiger partial charge on any atom is 0.0563 e. The van der Waals surface area contributed by atoms with Crippen LogP contribution in [0, 0.1) is 6.92 Å². The van der Waals surface area contributed by atoms with Crippen molar-refractivity contribution in [2.24, 2.45) is 0 Å². The normalized spacial score (nSPS) is 16.2. The van der Waals surface area contributed by atoms with Crippen molar-refractivity contribution >= 4 is 39.1 Å². The molecule has 8 rings (SSSR count). The molecule has 0 bridgehead atoms. The first-order valence-electron chi connectivity index (χ1n) is 16.7. The van der Waals surface area contributed by atoms with E-state index in [0.717, 1.165) is 6.42 Å². The maximum absolute atomic E-state index is 2.55. The van der Waals surface area contributed by atoms with E-state index < -0.39 is 0 Å². The number of hydrogen-bond donors (Lipinski definition) is 0. The van der Waals surface area contributed by atoms with Crippen molar-refractivity contribution in [1.29, 1.82) is 0 Å². The molecule has 1 atom stereocenters. The van der Waals surface area contributed by atoms with Crippen molar-refractivity contribution in [2.75, 3.05) is 16.8 Å². The summed E-state index contributed by atoms with van der Waals surface area (Å²) < 4.78 is 0. The predicted molar refractivity (Wildman–Crippen MR) is 201 cm³/mol. The van der Waals surface area contributed by atoms with Crippen LogP contribution in [0.15, 0.2) is 157 Å². The largest absolute Gasteiger partial charge is 0.344 e. The molecular formula is C45H40N2. The van der Waals surface area contributed by atoms with E-state index in [2.05, 4.69) is 189 Å². The first-order chi connectivity index (χ1) is 22.9. The molecule has 0 spiro atoms. The lowest BCUT2D eigenvalue weighted by Gasteiger charge is -2.37. The van der Waals surface area contributed by atoms with Crippen molar-refractivity contribution in [3.05, 3.63) is 174 Å². The molecule has 6 aromatic carbocycles. The van der Waals surface area contributed by atoms with Gasteiger partial charge in [-0.15, -0.1) is 0 Å². The van der Waals surface area contributed by atoms with E-state index in [1.165, 1.54) is 72.5 Å². The average Bonchev–Trinajstić information content (AvgIpc) is 3.35. The first-order valence-corrected chi connectivity index (χ1v) is 16.7. The standard InChI is InChI=1S/C45H40N2/c1-31-21-24-37(30-44(31)46(4)43-20-12-16-34-15-8-9-17-38(34)43)47(35-25-22-33(23-26-35)32-13-6-5-7-14-32)36-27-28-40-39-18-10-11-19-41(39)45(2,3)42(40)29-36/h5-28,30,36H,29H2,1-4H3. The Kier molecular flexibility index (Phi) is 7.10. The SMILES string of the molecule is Cc1ccc(N(c2ccc(-c3ccccc3)cc2)C2C=CC3=C(C2)C(C)(C)c2ccccc23)cc1N(C)c1cccc2ccccc12. The number of aryl methyl sites for hydroxylation is 1. The summed E-state index contributed by atoms with van der Waals surface area (Å²) >= 11 is 0. The van der Waals surface area contributed by atoms with Gasteiger partial charge >= 0.3 is 0 Å². The monoisotopic (exact) mass is 608 g/mol. The lowest BCUT2D eigenvalue weighted by Crippen LogP contribution is -2.33. The summed E-state index contributed by atoms with van der Waals surface area (Å²) in [5.41, 5.74) is 14.3. The van der Waals surface area contributed by atoms with Gasteiger partial charge in [0.25, 0.3) is 0 Å². The number of allylic oxidation sites excluding steroid dienone is 2.